The first kappa shape index (κ1) is 18.6. The van der Waals surface area contributed by atoms with Gasteiger partial charge in [-0.25, -0.2) is 4.57 Å². The molecule has 2 unspecified atom stereocenters. The van der Waals surface area contributed by atoms with Gasteiger partial charge >= 0.3 is 13.7 Å². The number of hydrogen-bond acceptors (Lipinski definition) is 5. The van der Waals surface area contributed by atoms with E-state index in [1.54, 1.807) is 20.9 Å². The molecule has 0 aromatic carbocycles. The van der Waals surface area contributed by atoms with Gasteiger partial charge in [0.15, 0.2) is 0 Å². The number of hydrogen-bond donors (Lipinski definition) is 0. The number of likely N-dealkylation sites (N-methyl/N-ethyl adjacent to an activating group) is 1. The summed E-state index contributed by atoms with van der Waals surface area (Å²) in [6, 6.07) is -0.641. The molecule has 7 heteroatoms. The molecule has 0 N–H and O–H groups in total. The summed E-state index contributed by atoms with van der Waals surface area (Å²) in [6.45, 7) is 7.96. The lowest BCUT2D eigenvalue weighted by Crippen LogP contribution is -2.39. The SMILES string of the molecule is CCOC(=O)C(CC(C)C)N(C)P(=O)(OC)OCC. The van der Waals surface area contributed by atoms with Gasteiger partial charge in [-0.05, 0) is 33.2 Å². The Morgan fingerprint density at radius 2 is 1.84 bits per heavy atom. The highest BCUT2D eigenvalue weighted by atomic mass is 31.2. The minimum Gasteiger partial charge on any atom is -0.465 e. The van der Waals surface area contributed by atoms with Crippen LogP contribution in [-0.2, 0) is 23.1 Å². The molecule has 19 heavy (non-hydrogen) atoms. The Labute approximate surface area is 116 Å². The van der Waals surface area contributed by atoms with E-state index in [0.717, 1.165) is 0 Å². The van der Waals surface area contributed by atoms with Crippen molar-refractivity contribution in [1.29, 1.82) is 0 Å². The molecule has 0 spiro atoms. The van der Waals surface area contributed by atoms with Crippen LogP contribution < -0.4 is 0 Å². The maximum Gasteiger partial charge on any atom is 0.408 e. The Kier molecular flexibility index (Phi) is 8.50. The van der Waals surface area contributed by atoms with Gasteiger partial charge in [-0.15, -0.1) is 0 Å². The summed E-state index contributed by atoms with van der Waals surface area (Å²) in [4.78, 5) is 12.0. The first-order chi connectivity index (χ1) is 8.82. The van der Waals surface area contributed by atoms with Gasteiger partial charge in [0.25, 0.3) is 0 Å². The molecule has 0 rings (SSSR count). The van der Waals surface area contributed by atoms with E-state index in [9.17, 15) is 9.36 Å². The van der Waals surface area contributed by atoms with Crippen molar-refractivity contribution in [3.05, 3.63) is 0 Å². The van der Waals surface area contributed by atoms with Crippen LogP contribution in [0.25, 0.3) is 0 Å². The maximum absolute atomic E-state index is 12.5. The van der Waals surface area contributed by atoms with Crippen molar-refractivity contribution in [2.24, 2.45) is 5.92 Å². The molecule has 0 aliphatic rings. The highest BCUT2D eigenvalue weighted by molar-refractivity contribution is 7.51. The van der Waals surface area contributed by atoms with Gasteiger partial charge in [0.1, 0.15) is 6.04 Å². The summed E-state index contributed by atoms with van der Waals surface area (Å²) < 4.78 is 29.0. The van der Waals surface area contributed by atoms with Gasteiger partial charge in [0.05, 0.1) is 13.2 Å². The second-order valence-electron chi connectivity index (χ2n) is 4.54. The van der Waals surface area contributed by atoms with Gasteiger partial charge < -0.3 is 4.74 Å². The topological polar surface area (TPSA) is 65.1 Å². The molecule has 0 aromatic heterocycles. The van der Waals surface area contributed by atoms with Crippen molar-refractivity contribution >= 4 is 13.7 Å². The molecule has 6 nitrogen and oxygen atoms in total. The van der Waals surface area contributed by atoms with Crippen LogP contribution in [0.5, 0.6) is 0 Å². The molecular formula is C12H26NO5P. The average Bonchev–Trinajstić information content (AvgIpc) is 2.35. The summed E-state index contributed by atoms with van der Waals surface area (Å²) >= 11 is 0. The predicted octanol–water partition coefficient (Wildman–Crippen LogP) is 2.69. The van der Waals surface area contributed by atoms with Crippen molar-refractivity contribution in [3.8, 4) is 0 Å². The number of rotatable bonds is 9. The maximum atomic E-state index is 12.5. The molecule has 0 heterocycles. The fraction of sp³-hybridized carbons (Fsp3) is 0.917. The van der Waals surface area contributed by atoms with Gasteiger partial charge in [0.2, 0.25) is 0 Å². The highest BCUT2D eigenvalue weighted by Gasteiger charge is 2.39. The largest absolute Gasteiger partial charge is 0.465 e. The minimum absolute atomic E-state index is 0.243. The highest BCUT2D eigenvalue weighted by Crippen LogP contribution is 2.51. The van der Waals surface area contributed by atoms with Crippen molar-refractivity contribution in [1.82, 2.24) is 4.67 Å². The zero-order valence-corrected chi connectivity index (χ0v) is 13.6. The molecule has 0 aliphatic heterocycles. The minimum atomic E-state index is -3.45. The van der Waals surface area contributed by atoms with E-state index in [2.05, 4.69) is 0 Å². The first-order valence-corrected chi connectivity index (χ1v) is 8.02. The Hall–Kier alpha value is -0.420. The Balaban J connectivity index is 5.11. The zero-order chi connectivity index (χ0) is 15.1. The molecule has 0 aromatic rings. The van der Waals surface area contributed by atoms with Crippen LogP contribution in [0, 0.1) is 5.92 Å². The van der Waals surface area contributed by atoms with Crippen LogP contribution in [0.15, 0.2) is 0 Å². The lowest BCUT2D eigenvalue weighted by Gasteiger charge is -2.31. The third-order valence-electron chi connectivity index (χ3n) is 2.61. The third kappa shape index (κ3) is 5.61. The average molecular weight is 295 g/mol. The molecule has 0 saturated heterocycles. The number of esters is 1. The molecule has 0 fully saturated rings. The Bertz CT molecular complexity index is 321. The number of ether oxygens (including phenoxy) is 1. The normalized spacial score (nSPS) is 16.4. The molecule has 0 bridgehead atoms. The summed E-state index contributed by atoms with van der Waals surface area (Å²) in [6.07, 6.45) is 0.524. The molecular weight excluding hydrogens is 269 g/mol. The van der Waals surface area contributed by atoms with Crippen LogP contribution in [0.2, 0.25) is 0 Å². The molecule has 0 aliphatic carbocycles. The van der Waals surface area contributed by atoms with Crippen molar-refractivity contribution in [2.45, 2.75) is 40.2 Å². The fourth-order valence-corrected chi connectivity index (χ4v) is 3.09. The van der Waals surface area contributed by atoms with Gasteiger partial charge in [0, 0.05) is 7.11 Å². The van der Waals surface area contributed by atoms with E-state index in [1.807, 2.05) is 13.8 Å². The van der Waals surface area contributed by atoms with E-state index < -0.39 is 19.8 Å². The van der Waals surface area contributed by atoms with Crippen LogP contribution in [0.1, 0.15) is 34.1 Å². The molecule has 0 amide bonds. The van der Waals surface area contributed by atoms with E-state index >= 15 is 0 Å². The number of carbonyl (C=O) groups excluding carboxylic acids is 1. The fourth-order valence-electron chi connectivity index (χ4n) is 1.69. The number of carbonyl (C=O) groups is 1. The second-order valence-corrected chi connectivity index (χ2v) is 6.73. The predicted molar refractivity (Wildman–Crippen MR) is 73.9 cm³/mol. The zero-order valence-electron chi connectivity index (χ0n) is 12.7. The van der Waals surface area contributed by atoms with Crippen LogP contribution >= 0.6 is 7.75 Å². The van der Waals surface area contributed by atoms with Crippen molar-refractivity contribution in [2.75, 3.05) is 27.4 Å². The Morgan fingerprint density at radius 3 is 2.21 bits per heavy atom. The van der Waals surface area contributed by atoms with Crippen LogP contribution in [0.4, 0.5) is 0 Å². The lowest BCUT2D eigenvalue weighted by atomic mass is 10.0. The summed E-state index contributed by atoms with van der Waals surface area (Å²) in [5, 5.41) is 0. The van der Waals surface area contributed by atoms with Crippen molar-refractivity contribution in [3.63, 3.8) is 0 Å². The summed E-state index contributed by atoms with van der Waals surface area (Å²) in [7, 11) is -0.579. The quantitative estimate of drug-likeness (QED) is 0.481. The molecule has 0 radical (unpaired) electrons. The summed E-state index contributed by atoms with van der Waals surface area (Å²) in [5.41, 5.74) is 0. The van der Waals surface area contributed by atoms with E-state index in [1.165, 1.54) is 11.8 Å². The van der Waals surface area contributed by atoms with E-state index in [4.69, 9.17) is 13.8 Å². The Morgan fingerprint density at radius 1 is 1.26 bits per heavy atom. The van der Waals surface area contributed by atoms with Gasteiger partial charge in [-0.3, -0.25) is 13.8 Å². The summed E-state index contributed by atoms with van der Waals surface area (Å²) in [5.74, 6) is -0.153. The third-order valence-corrected chi connectivity index (χ3v) is 4.71. The first-order valence-electron chi connectivity index (χ1n) is 6.52. The van der Waals surface area contributed by atoms with Crippen LogP contribution in [0.3, 0.4) is 0 Å². The molecule has 0 saturated carbocycles. The standard InChI is InChI=1S/C12H26NO5P/c1-7-17-12(14)11(9-10(3)4)13(5)19(15,16-6)18-8-2/h10-11H,7-9H2,1-6H3. The lowest BCUT2D eigenvalue weighted by molar-refractivity contribution is -0.148. The number of nitrogens with zero attached hydrogens (tertiary/aromatic N) is 1. The molecule has 2 atom stereocenters. The van der Waals surface area contributed by atoms with Gasteiger partial charge in [-0.2, -0.15) is 4.67 Å². The van der Waals surface area contributed by atoms with E-state index in [-0.39, 0.29) is 19.1 Å². The van der Waals surface area contributed by atoms with Crippen molar-refractivity contribution < 1.29 is 23.1 Å². The van der Waals surface area contributed by atoms with Gasteiger partial charge in [-0.1, -0.05) is 13.8 Å². The second kappa shape index (κ2) is 8.69. The van der Waals surface area contributed by atoms with Crippen LogP contribution in [-0.4, -0.2) is 44.1 Å². The smallest absolute Gasteiger partial charge is 0.408 e. The monoisotopic (exact) mass is 295 g/mol. The molecule has 114 valence electrons. The van der Waals surface area contributed by atoms with E-state index in [0.29, 0.717) is 6.42 Å².